The Morgan fingerprint density at radius 1 is 1.16 bits per heavy atom. The average Bonchev–Trinajstić information content (AvgIpc) is 2.74. The van der Waals surface area contributed by atoms with E-state index in [1.54, 1.807) is 16.7 Å². The van der Waals surface area contributed by atoms with Gasteiger partial charge in [-0.15, -0.1) is 0 Å². The summed E-state index contributed by atoms with van der Waals surface area (Å²) in [6, 6.07) is 15.9. The van der Waals surface area contributed by atoms with Crippen LogP contribution in [0.5, 0.6) is 0 Å². The Kier molecular flexibility index (Phi) is 5.31. The van der Waals surface area contributed by atoms with Crippen molar-refractivity contribution in [1.29, 1.82) is 0 Å². The van der Waals surface area contributed by atoms with Gasteiger partial charge in [0.05, 0.1) is 22.0 Å². The molecule has 31 heavy (non-hydrogen) atoms. The first-order chi connectivity index (χ1) is 14.9. The summed E-state index contributed by atoms with van der Waals surface area (Å²) in [6.07, 6.45) is 1.27. The number of hydrogen-bond acceptors (Lipinski definition) is 6. The number of nitrogens with two attached hydrogens (primary N) is 2. The van der Waals surface area contributed by atoms with Crippen molar-refractivity contribution < 1.29 is 4.79 Å². The molecule has 0 aliphatic heterocycles. The fourth-order valence-electron chi connectivity index (χ4n) is 3.47. The molecular weight excluding hydrogens is 416 g/mol. The van der Waals surface area contributed by atoms with Gasteiger partial charge < -0.3 is 16.8 Å². The van der Waals surface area contributed by atoms with E-state index in [9.17, 15) is 9.59 Å². The van der Waals surface area contributed by atoms with Crippen LogP contribution in [0.1, 0.15) is 29.0 Å². The third-order valence-electron chi connectivity index (χ3n) is 4.91. The van der Waals surface area contributed by atoms with Crippen LogP contribution in [-0.2, 0) is 0 Å². The first-order valence-corrected chi connectivity index (χ1v) is 9.83. The first kappa shape index (κ1) is 20.4. The quantitative estimate of drug-likeness (QED) is 0.442. The Labute approximate surface area is 182 Å². The Morgan fingerprint density at radius 2 is 1.90 bits per heavy atom. The number of aromatic nitrogens is 3. The number of nitrogens with zero attached hydrogens (tertiary/aromatic N) is 3. The van der Waals surface area contributed by atoms with Crippen molar-refractivity contribution in [2.75, 3.05) is 11.1 Å². The summed E-state index contributed by atoms with van der Waals surface area (Å²) in [5, 5.41) is 4.64. The highest BCUT2D eigenvalue weighted by molar-refractivity contribution is 6.35. The Hall–Kier alpha value is -3.91. The normalized spacial score (nSPS) is 11.9. The highest BCUT2D eigenvalue weighted by atomic mass is 35.5. The van der Waals surface area contributed by atoms with Crippen molar-refractivity contribution in [1.82, 2.24) is 14.5 Å². The molecule has 0 bridgehead atoms. The van der Waals surface area contributed by atoms with Crippen LogP contribution in [-0.4, -0.2) is 20.4 Å². The number of halogens is 1. The number of hydrogen-bond donors (Lipinski definition) is 3. The summed E-state index contributed by atoms with van der Waals surface area (Å²) in [5.74, 6) is -0.517. The molecule has 0 aliphatic rings. The molecule has 2 heterocycles. The van der Waals surface area contributed by atoms with Crippen LogP contribution in [0.3, 0.4) is 0 Å². The number of rotatable bonds is 5. The minimum absolute atomic E-state index is 0.00885. The molecule has 1 unspecified atom stereocenters. The predicted molar refractivity (Wildman–Crippen MR) is 122 cm³/mol. The number of carbonyl (C=O) groups excluding carboxylic acids is 1. The summed E-state index contributed by atoms with van der Waals surface area (Å²) < 4.78 is 1.58. The van der Waals surface area contributed by atoms with Gasteiger partial charge in [0, 0.05) is 17.6 Å². The Morgan fingerprint density at radius 3 is 2.61 bits per heavy atom. The highest BCUT2D eigenvalue weighted by Gasteiger charge is 2.20. The van der Waals surface area contributed by atoms with Crippen molar-refractivity contribution in [2.45, 2.75) is 13.0 Å². The van der Waals surface area contributed by atoms with Crippen LogP contribution in [0.15, 0.2) is 65.6 Å². The maximum atomic E-state index is 13.5. The summed E-state index contributed by atoms with van der Waals surface area (Å²) in [5.41, 5.74) is 12.3. The van der Waals surface area contributed by atoms with E-state index in [1.165, 1.54) is 6.20 Å². The Bertz CT molecular complexity index is 1350. The molecule has 1 amide bonds. The second kappa shape index (κ2) is 8.08. The molecule has 5 N–H and O–H groups in total. The molecule has 0 aliphatic carbocycles. The minimum Gasteiger partial charge on any atom is -0.368 e. The highest BCUT2D eigenvalue weighted by Crippen LogP contribution is 2.27. The van der Waals surface area contributed by atoms with Gasteiger partial charge in [0.15, 0.2) is 0 Å². The van der Waals surface area contributed by atoms with Crippen molar-refractivity contribution in [3.63, 3.8) is 0 Å². The van der Waals surface area contributed by atoms with Gasteiger partial charge in [0.25, 0.3) is 11.5 Å². The molecule has 2 aromatic heterocycles. The number of benzene rings is 2. The molecule has 0 saturated carbocycles. The van der Waals surface area contributed by atoms with E-state index in [4.69, 9.17) is 23.1 Å². The number of para-hydroxylation sites is 1. The van der Waals surface area contributed by atoms with E-state index in [0.29, 0.717) is 27.2 Å². The molecule has 4 aromatic rings. The standard InChI is InChI=1S/C22H19ClN6O2/c1-12(27-20-15(19(24)30)11-26-22(25)28-20)17-10-13-6-5-9-16(23)18(13)21(31)29(17)14-7-3-2-4-8-14/h2-12H,1H3,(H2,24,30)(H3,25,26,27,28). The number of carbonyl (C=O) groups is 1. The topological polar surface area (TPSA) is 129 Å². The van der Waals surface area contributed by atoms with E-state index in [-0.39, 0.29) is 22.9 Å². The SMILES string of the molecule is CC(Nc1nc(N)ncc1C(N)=O)c1cc2cccc(Cl)c2c(=O)n1-c1ccccc1. The zero-order valence-electron chi connectivity index (χ0n) is 16.5. The predicted octanol–water partition coefficient (Wildman–Crippen LogP) is 3.29. The lowest BCUT2D eigenvalue weighted by Crippen LogP contribution is -2.26. The fourth-order valence-corrected chi connectivity index (χ4v) is 3.73. The van der Waals surface area contributed by atoms with Gasteiger partial charge in [-0.1, -0.05) is 41.9 Å². The molecule has 156 valence electrons. The lowest BCUT2D eigenvalue weighted by Gasteiger charge is -2.22. The van der Waals surface area contributed by atoms with E-state index < -0.39 is 11.9 Å². The lowest BCUT2D eigenvalue weighted by atomic mass is 10.1. The van der Waals surface area contributed by atoms with Crippen LogP contribution in [0.4, 0.5) is 11.8 Å². The third kappa shape index (κ3) is 3.80. The van der Waals surface area contributed by atoms with E-state index >= 15 is 0 Å². The van der Waals surface area contributed by atoms with Crippen molar-refractivity contribution in [3.05, 3.63) is 87.4 Å². The van der Waals surface area contributed by atoms with E-state index in [1.807, 2.05) is 49.4 Å². The molecule has 8 nitrogen and oxygen atoms in total. The fraction of sp³-hybridized carbons (Fsp3) is 0.0909. The zero-order chi connectivity index (χ0) is 22.1. The maximum Gasteiger partial charge on any atom is 0.264 e. The maximum absolute atomic E-state index is 13.5. The minimum atomic E-state index is -0.694. The van der Waals surface area contributed by atoms with Gasteiger partial charge in [0.1, 0.15) is 5.82 Å². The molecule has 0 fully saturated rings. The van der Waals surface area contributed by atoms with Crippen LogP contribution in [0, 0.1) is 0 Å². The summed E-state index contributed by atoms with van der Waals surface area (Å²) in [6.45, 7) is 1.84. The molecule has 0 spiro atoms. The van der Waals surface area contributed by atoms with Crippen LogP contribution >= 0.6 is 11.6 Å². The average molecular weight is 435 g/mol. The third-order valence-corrected chi connectivity index (χ3v) is 5.22. The van der Waals surface area contributed by atoms with Gasteiger partial charge in [-0.05, 0) is 36.6 Å². The second-order valence-electron chi connectivity index (χ2n) is 6.97. The molecule has 4 rings (SSSR count). The molecule has 1 atom stereocenters. The van der Waals surface area contributed by atoms with Gasteiger partial charge in [-0.2, -0.15) is 4.98 Å². The number of nitrogens with one attached hydrogen (secondary N) is 1. The summed E-state index contributed by atoms with van der Waals surface area (Å²) in [4.78, 5) is 33.2. The first-order valence-electron chi connectivity index (χ1n) is 9.45. The molecule has 0 radical (unpaired) electrons. The molecule has 9 heteroatoms. The molecule has 2 aromatic carbocycles. The summed E-state index contributed by atoms with van der Waals surface area (Å²) >= 11 is 6.35. The zero-order valence-corrected chi connectivity index (χ0v) is 17.3. The number of pyridine rings is 1. The number of amides is 1. The monoisotopic (exact) mass is 434 g/mol. The number of fused-ring (bicyclic) bond motifs is 1. The van der Waals surface area contributed by atoms with Crippen molar-refractivity contribution in [3.8, 4) is 5.69 Å². The van der Waals surface area contributed by atoms with Crippen LogP contribution in [0.25, 0.3) is 16.5 Å². The molecular formula is C22H19ClN6O2. The lowest BCUT2D eigenvalue weighted by molar-refractivity contribution is 0.100. The largest absolute Gasteiger partial charge is 0.368 e. The second-order valence-corrected chi connectivity index (χ2v) is 7.38. The Balaban J connectivity index is 1.92. The van der Waals surface area contributed by atoms with Crippen LogP contribution < -0.4 is 22.3 Å². The van der Waals surface area contributed by atoms with Gasteiger partial charge in [0.2, 0.25) is 5.95 Å². The van der Waals surface area contributed by atoms with E-state index in [0.717, 1.165) is 0 Å². The van der Waals surface area contributed by atoms with Crippen LogP contribution in [0.2, 0.25) is 5.02 Å². The smallest absolute Gasteiger partial charge is 0.264 e. The van der Waals surface area contributed by atoms with Gasteiger partial charge in [-0.3, -0.25) is 14.2 Å². The number of anilines is 2. The number of primary amides is 1. The van der Waals surface area contributed by atoms with Gasteiger partial charge >= 0.3 is 0 Å². The van der Waals surface area contributed by atoms with E-state index in [2.05, 4.69) is 15.3 Å². The number of nitrogen functional groups attached to an aromatic ring is 1. The van der Waals surface area contributed by atoms with Crippen molar-refractivity contribution >= 4 is 40.0 Å². The van der Waals surface area contributed by atoms with Crippen molar-refractivity contribution in [2.24, 2.45) is 5.73 Å². The molecule has 0 saturated heterocycles. The summed E-state index contributed by atoms with van der Waals surface area (Å²) in [7, 11) is 0. The van der Waals surface area contributed by atoms with Gasteiger partial charge in [-0.25, -0.2) is 4.98 Å².